The molecule has 0 saturated heterocycles. The van der Waals surface area contributed by atoms with Gasteiger partial charge in [-0.15, -0.1) is 10.2 Å². The van der Waals surface area contributed by atoms with Crippen molar-refractivity contribution < 1.29 is 9.15 Å². The van der Waals surface area contributed by atoms with E-state index in [4.69, 9.17) is 9.15 Å². The van der Waals surface area contributed by atoms with Crippen LogP contribution in [0.2, 0.25) is 0 Å². The van der Waals surface area contributed by atoms with E-state index in [0.29, 0.717) is 11.6 Å². The van der Waals surface area contributed by atoms with E-state index in [-0.39, 0.29) is 0 Å². The molecule has 0 radical (unpaired) electrons. The highest BCUT2D eigenvalue weighted by atomic mass is 32.2. The summed E-state index contributed by atoms with van der Waals surface area (Å²) in [7, 11) is 1.67. The lowest BCUT2D eigenvalue weighted by Crippen LogP contribution is -1.84. The van der Waals surface area contributed by atoms with Gasteiger partial charge < -0.3 is 9.15 Å². The molecule has 0 fully saturated rings. The molecule has 0 N–H and O–H groups in total. The van der Waals surface area contributed by atoms with Gasteiger partial charge in [0.15, 0.2) is 8.68 Å². The summed E-state index contributed by atoms with van der Waals surface area (Å²) >= 11 is 4.92. The predicted octanol–water partition coefficient (Wildman–Crippen LogP) is 6.09. The third-order valence-electron chi connectivity index (χ3n) is 4.10. The summed E-state index contributed by atoms with van der Waals surface area (Å²) in [6.07, 6.45) is 1.71. The van der Waals surface area contributed by atoms with Crippen LogP contribution in [0.25, 0.3) is 11.5 Å². The molecule has 2 aromatic carbocycles. The molecule has 8 heteroatoms. The van der Waals surface area contributed by atoms with E-state index in [0.717, 1.165) is 31.4 Å². The maximum absolute atomic E-state index is 5.62. The van der Waals surface area contributed by atoms with E-state index in [1.165, 1.54) is 11.1 Å². The average Bonchev–Trinajstić information content (AvgIpc) is 3.41. The van der Waals surface area contributed by atoms with Gasteiger partial charge in [-0.25, -0.2) is 4.98 Å². The molecule has 2 heterocycles. The van der Waals surface area contributed by atoms with Gasteiger partial charge in [-0.3, -0.25) is 0 Å². The first kappa shape index (κ1) is 20.0. The van der Waals surface area contributed by atoms with Crippen LogP contribution in [0.1, 0.15) is 16.8 Å². The number of hydrogen-bond donors (Lipinski definition) is 0. The third kappa shape index (κ3) is 5.41. The Bertz CT molecular complexity index is 1060. The highest BCUT2D eigenvalue weighted by Gasteiger charge is 2.10. The van der Waals surface area contributed by atoms with Crippen molar-refractivity contribution in [3.8, 4) is 17.2 Å². The lowest BCUT2D eigenvalue weighted by atomic mass is 10.1. The maximum Gasteiger partial charge on any atom is 0.226 e. The first-order chi connectivity index (χ1) is 14.2. The van der Waals surface area contributed by atoms with Gasteiger partial charge in [-0.05, 0) is 36.8 Å². The monoisotopic (exact) mass is 441 g/mol. The van der Waals surface area contributed by atoms with Crippen molar-refractivity contribution in [2.45, 2.75) is 27.1 Å². The van der Waals surface area contributed by atoms with E-state index in [2.05, 4.69) is 46.4 Å². The largest absolute Gasteiger partial charge is 0.497 e. The van der Waals surface area contributed by atoms with Crippen LogP contribution in [-0.4, -0.2) is 22.3 Å². The molecule has 0 unspecified atom stereocenters. The number of hydrogen-bond acceptors (Lipinski definition) is 8. The fourth-order valence-corrected chi connectivity index (χ4v) is 5.37. The first-order valence-electron chi connectivity index (χ1n) is 8.93. The number of ether oxygens (including phenoxy) is 1. The molecule has 4 rings (SSSR count). The summed E-state index contributed by atoms with van der Waals surface area (Å²) in [5.74, 6) is 3.07. The van der Waals surface area contributed by atoms with Crippen LogP contribution >= 0.6 is 34.9 Å². The van der Waals surface area contributed by atoms with E-state index in [1.807, 2.05) is 24.3 Å². The Hall–Kier alpha value is -2.29. The zero-order chi connectivity index (χ0) is 20.1. The minimum atomic E-state index is 0.647. The number of aryl methyl sites for hydroxylation is 1. The first-order valence-corrected chi connectivity index (χ1v) is 11.7. The molecule has 0 amide bonds. The fraction of sp³-hybridized carbons (Fsp3) is 0.190. The fourth-order valence-electron chi connectivity index (χ4n) is 2.52. The highest BCUT2D eigenvalue weighted by Crippen LogP contribution is 2.32. The summed E-state index contributed by atoms with van der Waals surface area (Å²) < 4.78 is 12.7. The summed E-state index contributed by atoms with van der Waals surface area (Å²) in [6, 6.07) is 16.2. The molecule has 0 aliphatic heterocycles. The molecule has 0 spiro atoms. The van der Waals surface area contributed by atoms with Gasteiger partial charge in [0.2, 0.25) is 5.89 Å². The molecule has 0 saturated carbocycles. The summed E-state index contributed by atoms with van der Waals surface area (Å²) in [5.41, 5.74) is 4.33. The van der Waals surface area contributed by atoms with Crippen molar-refractivity contribution in [1.82, 2.24) is 15.2 Å². The van der Waals surface area contributed by atoms with Crippen LogP contribution in [0, 0.1) is 6.92 Å². The Balaban J connectivity index is 1.29. The minimum absolute atomic E-state index is 0.647. The maximum atomic E-state index is 5.62. The number of benzene rings is 2. The van der Waals surface area contributed by atoms with E-state index >= 15 is 0 Å². The number of thioether (sulfide) groups is 2. The summed E-state index contributed by atoms with van der Waals surface area (Å²) in [6.45, 7) is 2.06. The van der Waals surface area contributed by atoms with Crippen molar-refractivity contribution in [2.24, 2.45) is 0 Å². The van der Waals surface area contributed by atoms with Crippen molar-refractivity contribution in [3.05, 3.63) is 71.6 Å². The smallest absolute Gasteiger partial charge is 0.226 e. The number of nitrogens with zero attached hydrogens (tertiary/aromatic N) is 3. The van der Waals surface area contributed by atoms with Gasteiger partial charge in [0.25, 0.3) is 0 Å². The van der Waals surface area contributed by atoms with Crippen LogP contribution in [0.3, 0.4) is 0 Å². The Labute approximate surface area is 181 Å². The molecule has 5 nitrogen and oxygen atoms in total. The Morgan fingerprint density at radius 1 is 0.931 bits per heavy atom. The van der Waals surface area contributed by atoms with Crippen molar-refractivity contribution in [1.29, 1.82) is 0 Å². The van der Waals surface area contributed by atoms with Gasteiger partial charge in [0.05, 0.1) is 12.8 Å². The van der Waals surface area contributed by atoms with E-state index in [9.17, 15) is 0 Å². The van der Waals surface area contributed by atoms with Crippen LogP contribution in [0.15, 0.2) is 67.9 Å². The van der Waals surface area contributed by atoms with Gasteiger partial charge in [-0.1, -0.05) is 64.7 Å². The van der Waals surface area contributed by atoms with Crippen LogP contribution in [0.5, 0.6) is 5.75 Å². The number of oxazole rings is 1. The molecule has 0 atom stereocenters. The van der Waals surface area contributed by atoms with Crippen LogP contribution < -0.4 is 4.74 Å². The second-order valence-corrected chi connectivity index (χ2v) is 9.69. The summed E-state index contributed by atoms with van der Waals surface area (Å²) in [5, 5.41) is 8.56. The standard InChI is InChI=1S/C21H19N3O2S3/c1-14-3-7-16(8-4-14)19-22-17(11-26-19)13-28-21-24-23-20(29-21)27-12-15-5-9-18(25-2)10-6-15/h3-11H,12-13H2,1-2H3. The number of rotatable bonds is 8. The molecule has 4 aromatic rings. The zero-order valence-electron chi connectivity index (χ0n) is 16.0. The summed E-state index contributed by atoms with van der Waals surface area (Å²) in [4.78, 5) is 4.58. The quantitative estimate of drug-likeness (QED) is 0.306. The Morgan fingerprint density at radius 3 is 2.31 bits per heavy atom. The Morgan fingerprint density at radius 2 is 1.62 bits per heavy atom. The van der Waals surface area contributed by atoms with Crippen LogP contribution in [0.4, 0.5) is 0 Å². The predicted molar refractivity (Wildman–Crippen MR) is 119 cm³/mol. The van der Waals surface area contributed by atoms with Crippen molar-refractivity contribution >= 4 is 34.9 Å². The molecular formula is C21H19N3O2S3. The highest BCUT2D eigenvalue weighted by molar-refractivity contribution is 8.02. The van der Waals surface area contributed by atoms with Gasteiger partial charge >= 0.3 is 0 Å². The van der Waals surface area contributed by atoms with Crippen LogP contribution in [-0.2, 0) is 11.5 Å². The van der Waals surface area contributed by atoms with Gasteiger partial charge in [0.1, 0.15) is 12.0 Å². The molecular weight excluding hydrogens is 422 g/mol. The Kier molecular flexibility index (Phi) is 6.53. The normalized spacial score (nSPS) is 11.0. The molecule has 0 bridgehead atoms. The van der Waals surface area contributed by atoms with Gasteiger partial charge in [0, 0.05) is 17.1 Å². The lowest BCUT2D eigenvalue weighted by molar-refractivity contribution is 0.414. The van der Waals surface area contributed by atoms with Gasteiger partial charge in [-0.2, -0.15) is 0 Å². The van der Waals surface area contributed by atoms with Crippen molar-refractivity contribution in [3.63, 3.8) is 0 Å². The second-order valence-electron chi connectivity index (χ2n) is 6.27. The number of aromatic nitrogens is 3. The molecule has 0 aliphatic rings. The minimum Gasteiger partial charge on any atom is -0.497 e. The third-order valence-corrected chi connectivity index (χ3v) is 7.40. The topological polar surface area (TPSA) is 61.0 Å². The van der Waals surface area contributed by atoms with E-state index in [1.54, 1.807) is 48.2 Å². The lowest BCUT2D eigenvalue weighted by Gasteiger charge is -2.01. The second kappa shape index (κ2) is 9.47. The van der Waals surface area contributed by atoms with Crippen molar-refractivity contribution in [2.75, 3.05) is 7.11 Å². The van der Waals surface area contributed by atoms with E-state index < -0.39 is 0 Å². The molecule has 148 valence electrons. The number of methoxy groups -OCH3 is 1. The molecule has 0 aliphatic carbocycles. The zero-order valence-corrected chi connectivity index (χ0v) is 18.4. The molecule has 29 heavy (non-hydrogen) atoms. The SMILES string of the molecule is COc1ccc(CSc2nnc(SCc3coc(-c4ccc(C)cc4)n3)s2)cc1. The molecule has 2 aromatic heterocycles. The average molecular weight is 442 g/mol.